The van der Waals surface area contributed by atoms with E-state index in [1.807, 2.05) is 0 Å². The summed E-state index contributed by atoms with van der Waals surface area (Å²) in [6, 6.07) is 8.75. The summed E-state index contributed by atoms with van der Waals surface area (Å²) in [5.74, 6) is 0. The van der Waals surface area contributed by atoms with Gasteiger partial charge in [0.2, 0.25) is 0 Å². The average molecular weight is 219 g/mol. The maximum Gasteiger partial charge on any atom is 0.0399 e. The molecule has 0 heterocycles. The van der Waals surface area contributed by atoms with Crippen molar-refractivity contribution in [2.75, 3.05) is 19.0 Å². The third-order valence-corrected chi connectivity index (χ3v) is 3.27. The van der Waals surface area contributed by atoms with Gasteiger partial charge < -0.3 is 4.90 Å². The Kier molecular flexibility index (Phi) is 4.40. The highest BCUT2D eigenvalue weighted by Crippen LogP contribution is 2.35. The van der Waals surface area contributed by atoms with Crippen molar-refractivity contribution in [1.82, 2.24) is 0 Å². The smallest absolute Gasteiger partial charge is 0.0399 e. The van der Waals surface area contributed by atoms with E-state index in [0.29, 0.717) is 0 Å². The van der Waals surface area contributed by atoms with Crippen LogP contribution in [0, 0.1) is 0 Å². The van der Waals surface area contributed by atoms with Crippen molar-refractivity contribution >= 4 is 5.69 Å². The molecule has 0 saturated heterocycles. The number of benzene rings is 1. The van der Waals surface area contributed by atoms with Crippen molar-refractivity contribution in [3.05, 3.63) is 29.8 Å². The molecule has 0 aliphatic rings. The van der Waals surface area contributed by atoms with E-state index in [9.17, 15) is 0 Å². The SMILES string of the molecule is CCCCC(C)(C)c1ccccc1N(C)C. The molecule has 0 aromatic heterocycles. The van der Waals surface area contributed by atoms with E-state index in [0.717, 1.165) is 0 Å². The van der Waals surface area contributed by atoms with Gasteiger partial charge in [-0.15, -0.1) is 0 Å². The highest BCUT2D eigenvalue weighted by Gasteiger charge is 2.23. The number of nitrogens with zero attached hydrogens (tertiary/aromatic N) is 1. The zero-order chi connectivity index (χ0) is 12.2. The van der Waals surface area contributed by atoms with Gasteiger partial charge in [-0.05, 0) is 23.5 Å². The fraction of sp³-hybridized carbons (Fsp3) is 0.600. The lowest BCUT2D eigenvalue weighted by Gasteiger charge is -2.30. The number of anilines is 1. The molecule has 0 fully saturated rings. The van der Waals surface area contributed by atoms with Crippen molar-refractivity contribution in [2.24, 2.45) is 0 Å². The summed E-state index contributed by atoms with van der Waals surface area (Å²) in [6.07, 6.45) is 3.83. The predicted molar refractivity (Wildman–Crippen MR) is 73.3 cm³/mol. The van der Waals surface area contributed by atoms with Crippen LogP contribution in [0.4, 0.5) is 5.69 Å². The molecule has 0 radical (unpaired) electrons. The van der Waals surface area contributed by atoms with E-state index in [1.165, 1.54) is 30.5 Å². The summed E-state index contributed by atoms with van der Waals surface area (Å²) in [7, 11) is 4.24. The zero-order valence-electron chi connectivity index (χ0n) is 11.4. The molecular weight excluding hydrogens is 194 g/mol. The second-order valence-corrected chi connectivity index (χ2v) is 5.40. The van der Waals surface area contributed by atoms with Crippen LogP contribution in [0.3, 0.4) is 0 Å². The van der Waals surface area contributed by atoms with Crippen LogP contribution >= 0.6 is 0 Å². The third-order valence-electron chi connectivity index (χ3n) is 3.27. The van der Waals surface area contributed by atoms with Crippen molar-refractivity contribution < 1.29 is 0 Å². The Morgan fingerprint density at radius 1 is 1.12 bits per heavy atom. The van der Waals surface area contributed by atoms with Gasteiger partial charge >= 0.3 is 0 Å². The lowest BCUT2D eigenvalue weighted by atomic mass is 9.79. The molecule has 0 aliphatic carbocycles. The van der Waals surface area contributed by atoms with Crippen molar-refractivity contribution in [2.45, 2.75) is 45.4 Å². The van der Waals surface area contributed by atoms with Crippen LogP contribution in [0.25, 0.3) is 0 Å². The highest BCUT2D eigenvalue weighted by molar-refractivity contribution is 5.55. The monoisotopic (exact) mass is 219 g/mol. The Morgan fingerprint density at radius 3 is 2.31 bits per heavy atom. The van der Waals surface area contributed by atoms with Gasteiger partial charge in [0.25, 0.3) is 0 Å². The molecule has 90 valence electrons. The summed E-state index contributed by atoms with van der Waals surface area (Å²) in [5.41, 5.74) is 3.09. The van der Waals surface area contributed by atoms with Gasteiger partial charge in [-0.2, -0.15) is 0 Å². The van der Waals surface area contributed by atoms with Crippen molar-refractivity contribution in [1.29, 1.82) is 0 Å². The van der Waals surface area contributed by atoms with Crippen LogP contribution in [0.2, 0.25) is 0 Å². The maximum atomic E-state index is 2.35. The first-order chi connectivity index (χ1) is 7.49. The van der Waals surface area contributed by atoms with Gasteiger partial charge in [0.15, 0.2) is 0 Å². The molecule has 0 atom stereocenters. The van der Waals surface area contributed by atoms with Gasteiger partial charge in [-0.1, -0.05) is 51.8 Å². The molecule has 1 aromatic rings. The maximum absolute atomic E-state index is 2.35. The lowest BCUT2D eigenvalue weighted by molar-refractivity contribution is 0.458. The number of para-hydroxylation sites is 1. The van der Waals surface area contributed by atoms with E-state index in [-0.39, 0.29) is 5.41 Å². The van der Waals surface area contributed by atoms with E-state index < -0.39 is 0 Å². The highest BCUT2D eigenvalue weighted by atomic mass is 15.1. The van der Waals surface area contributed by atoms with Crippen LogP contribution in [-0.4, -0.2) is 14.1 Å². The van der Waals surface area contributed by atoms with Crippen LogP contribution in [0.5, 0.6) is 0 Å². The minimum absolute atomic E-state index is 0.275. The van der Waals surface area contributed by atoms with Crippen molar-refractivity contribution in [3.8, 4) is 0 Å². The average Bonchev–Trinajstić information content (AvgIpc) is 2.26. The number of hydrogen-bond donors (Lipinski definition) is 0. The molecule has 1 nitrogen and oxygen atoms in total. The molecule has 0 amide bonds. The fourth-order valence-corrected chi connectivity index (χ4v) is 2.19. The third kappa shape index (κ3) is 3.01. The summed E-state index contributed by atoms with van der Waals surface area (Å²) < 4.78 is 0. The Labute approximate surface area is 100 Å². The largest absolute Gasteiger partial charge is 0.377 e. The molecule has 1 rings (SSSR count). The fourth-order valence-electron chi connectivity index (χ4n) is 2.19. The van der Waals surface area contributed by atoms with Crippen LogP contribution < -0.4 is 4.90 Å². The van der Waals surface area contributed by atoms with Gasteiger partial charge in [0.05, 0.1) is 0 Å². The molecule has 1 aromatic carbocycles. The van der Waals surface area contributed by atoms with Gasteiger partial charge in [0, 0.05) is 19.8 Å². The minimum Gasteiger partial charge on any atom is -0.377 e. The Hall–Kier alpha value is -0.980. The zero-order valence-corrected chi connectivity index (χ0v) is 11.4. The van der Waals surface area contributed by atoms with E-state index in [2.05, 4.69) is 64.0 Å². The van der Waals surface area contributed by atoms with E-state index in [4.69, 9.17) is 0 Å². The van der Waals surface area contributed by atoms with Crippen LogP contribution in [-0.2, 0) is 5.41 Å². The molecule has 0 spiro atoms. The molecule has 0 aliphatic heterocycles. The van der Waals surface area contributed by atoms with Gasteiger partial charge in [-0.25, -0.2) is 0 Å². The molecule has 0 saturated carbocycles. The second kappa shape index (κ2) is 5.38. The summed E-state index contributed by atoms with van der Waals surface area (Å²) in [5, 5.41) is 0. The lowest BCUT2D eigenvalue weighted by Crippen LogP contribution is -2.22. The van der Waals surface area contributed by atoms with Crippen LogP contribution in [0.1, 0.15) is 45.6 Å². The number of rotatable bonds is 5. The molecule has 0 N–H and O–H groups in total. The first-order valence-electron chi connectivity index (χ1n) is 6.26. The van der Waals surface area contributed by atoms with Crippen molar-refractivity contribution in [3.63, 3.8) is 0 Å². The van der Waals surface area contributed by atoms with Gasteiger partial charge in [-0.3, -0.25) is 0 Å². The summed E-state index contributed by atoms with van der Waals surface area (Å²) in [6.45, 7) is 6.96. The molecule has 16 heavy (non-hydrogen) atoms. The topological polar surface area (TPSA) is 3.24 Å². The normalized spacial score (nSPS) is 11.6. The predicted octanol–water partition coefficient (Wildman–Crippen LogP) is 4.22. The molecule has 0 bridgehead atoms. The molecule has 0 unspecified atom stereocenters. The van der Waals surface area contributed by atoms with Gasteiger partial charge in [0.1, 0.15) is 0 Å². The summed E-state index contributed by atoms with van der Waals surface area (Å²) in [4.78, 5) is 2.21. The minimum atomic E-state index is 0.275. The Bertz CT molecular complexity index is 326. The standard InChI is InChI=1S/C15H25N/c1-6-7-12-15(2,3)13-10-8-9-11-14(13)16(4)5/h8-11H,6-7,12H2,1-5H3. The molecular formula is C15H25N. The second-order valence-electron chi connectivity index (χ2n) is 5.40. The van der Waals surface area contributed by atoms with Crippen LogP contribution in [0.15, 0.2) is 24.3 Å². The first kappa shape index (κ1) is 13.1. The van der Waals surface area contributed by atoms with E-state index in [1.54, 1.807) is 0 Å². The Balaban J connectivity index is 3.01. The van der Waals surface area contributed by atoms with E-state index >= 15 is 0 Å². The Morgan fingerprint density at radius 2 is 1.75 bits per heavy atom. The first-order valence-corrected chi connectivity index (χ1v) is 6.26. The number of unbranched alkanes of at least 4 members (excludes halogenated alkanes) is 1. The quantitative estimate of drug-likeness (QED) is 0.716. The number of hydrogen-bond acceptors (Lipinski definition) is 1. The molecule has 1 heteroatoms. The summed E-state index contributed by atoms with van der Waals surface area (Å²) >= 11 is 0.